The van der Waals surface area contributed by atoms with Gasteiger partial charge in [0.2, 0.25) is 5.91 Å². The lowest BCUT2D eigenvalue weighted by atomic mass is 9.79. The number of carbonyl (C=O) groups is 1. The van der Waals surface area contributed by atoms with Gasteiger partial charge in [0, 0.05) is 25.3 Å². The first-order valence-electron chi connectivity index (χ1n) is 14.0. The highest BCUT2D eigenvalue weighted by Gasteiger charge is 2.32. The van der Waals surface area contributed by atoms with Gasteiger partial charge in [-0.25, -0.2) is 14.0 Å². The number of amides is 1. The van der Waals surface area contributed by atoms with Gasteiger partial charge in [-0.05, 0) is 68.0 Å². The summed E-state index contributed by atoms with van der Waals surface area (Å²) in [7, 11) is 0. The zero-order valence-corrected chi connectivity index (χ0v) is 23.1. The lowest BCUT2D eigenvalue weighted by Gasteiger charge is -2.37. The summed E-state index contributed by atoms with van der Waals surface area (Å²) in [6.07, 6.45) is 2.63. The van der Waals surface area contributed by atoms with Crippen LogP contribution < -0.4 is 15.9 Å². The van der Waals surface area contributed by atoms with Crippen LogP contribution >= 0.6 is 0 Å². The van der Waals surface area contributed by atoms with Crippen LogP contribution in [0.1, 0.15) is 49.8 Å². The van der Waals surface area contributed by atoms with Crippen molar-refractivity contribution in [3.8, 4) is 5.69 Å². The second-order valence-electron chi connectivity index (χ2n) is 10.6. The van der Waals surface area contributed by atoms with E-state index in [9.17, 15) is 14.7 Å². The molecule has 1 aliphatic rings. The van der Waals surface area contributed by atoms with Crippen LogP contribution in [0, 0.1) is 5.92 Å². The Kier molecular flexibility index (Phi) is 8.45. The molecule has 1 aromatic heterocycles. The Hall–Kier alpha value is -4.17. The van der Waals surface area contributed by atoms with Gasteiger partial charge in [-0.1, -0.05) is 60.7 Å². The topological polar surface area (TPSA) is 92.4 Å². The molecule has 5 rings (SSSR count). The Bertz CT molecular complexity index is 1440. The highest BCUT2D eigenvalue weighted by molar-refractivity contribution is 5.84. The number of nitrogens with zero attached hydrogens (tertiary/aromatic N) is 4. The Balaban J connectivity index is 1.25. The van der Waals surface area contributed by atoms with Crippen LogP contribution in [0.2, 0.25) is 0 Å². The number of anilines is 1. The summed E-state index contributed by atoms with van der Waals surface area (Å²) in [4.78, 5) is 28.6. The lowest BCUT2D eigenvalue weighted by molar-refractivity contribution is -0.124. The van der Waals surface area contributed by atoms with E-state index in [4.69, 9.17) is 0 Å². The number of benzene rings is 3. The van der Waals surface area contributed by atoms with Gasteiger partial charge < -0.3 is 15.3 Å². The molecule has 208 valence electrons. The fourth-order valence-corrected chi connectivity index (χ4v) is 5.49. The predicted molar refractivity (Wildman–Crippen MR) is 157 cm³/mol. The molecule has 0 spiro atoms. The van der Waals surface area contributed by atoms with Crippen molar-refractivity contribution >= 4 is 11.6 Å². The second kappa shape index (κ2) is 12.3. The van der Waals surface area contributed by atoms with Crippen LogP contribution in [0.4, 0.5) is 5.69 Å². The fraction of sp³-hybridized carbons (Fsp3) is 0.344. The highest BCUT2D eigenvalue weighted by atomic mass is 16.3. The second-order valence-corrected chi connectivity index (χ2v) is 10.6. The van der Waals surface area contributed by atoms with Crippen molar-refractivity contribution < 1.29 is 9.90 Å². The van der Waals surface area contributed by atoms with Crippen LogP contribution in [-0.2, 0) is 11.3 Å². The minimum absolute atomic E-state index is 0.0776. The number of aliphatic hydroxyl groups is 1. The third-order valence-electron chi connectivity index (χ3n) is 8.03. The van der Waals surface area contributed by atoms with Gasteiger partial charge in [0.15, 0.2) is 0 Å². The summed E-state index contributed by atoms with van der Waals surface area (Å²) in [5, 5.41) is 17.2. The summed E-state index contributed by atoms with van der Waals surface area (Å²) in [6.45, 7) is 5.64. The highest BCUT2D eigenvalue weighted by Crippen LogP contribution is 2.34. The summed E-state index contributed by atoms with van der Waals surface area (Å²) in [6, 6.07) is 27.6. The van der Waals surface area contributed by atoms with Crippen molar-refractivity contribution in [2.24, 2.45) is 5.92 Å². The molecule has 0 aliphatic carbocycles. The van der Waals surface area contributed by atoms with Crippen LogP contribution in [0.25, 0.3) is 5.69 Å². The van der Waals surface area contributed by atoms with Gasteiger partial charge in [0.1, 0.15) is 6.33 Å². The molecular formula is C32H37N5O3. The predicted octanol–water partition coefficient (Wildman–Crippen LogP) is 4.29. The molecule has 2 heterocycles. The zero-order chi connectivity index (χ0) is 28.1. The molecule has 2 N–H and O–H groups in total. The van der Waals surface area contributed by atoms with Crippen LogP contribution in [0.3, 0.4) is 0 Å². The zero-order valence-electron chi connectivity index (χ0n) is 23.1. The van der Waals surface area contributed by atoms with Crippen molar-refractivity contribution in [3.05, 3.63) is 113 Å². The molecule has 40 heavy (non-hydrogen) atoms. The van der Waals surface area contributed by atoms with E-state index in [0.29, 0.717) is 6.54 Å². The Morgan fingerprint density at radius 1 is 0.925 bits per heavy atom. The molecule has 1 aliphatic heterocycles. The molecule has 1 saturated heterocycles. The third kappa shape index (κ3) is 6.02. The molecule has 1 amide bonds. The molecule has 0 bridgehead atoms. The number of piperidine rings is 1. The van der Waals surface area contributed by atoms with Gasteiger partial charge >= 0.3 is 5.69 Å². The number of carbonyl (C=O) groups excluding carboxylic acids is 1. The Morgan fingerprint density at radius 2 is 1.52 bits per heavy atom. The van der Waals surface area contributed by atoms with E-state index in [0.717, 1.165) is 48.4 Å². The van der Waals surface area contributed by atoms with Gasteiger partial charge in [-0.15, -0.1) is 0 Å². The SMILES string of the molecule is CC(O)C(C)n1ncn(-c2ccc(N3CCC(C(C(=O)NCc4ccccc4)c4ccccc4)CC3)cc2)c1=O. The van der Waals surface area contributed by atoms with Crippen LogP contribution in [0.5, 0.6) is 0 Å². The monoisotopic (exact) mass is 539 g/mol. The first kappa shape index (κ1) is 27.4. The normalized spacial score (nSPS) is 16.3. The maximum Gasteiger partial charge on any atom is 0.350 e. The van der Waals surface area contributed by atoms with E-state index in [1.807, 2.05) is 72.8 Å². The summed E-state index contributed by atoms with van der Waals surface area (Å²) >= 11 is 0. The van der Waals surface area contributed by atoms with E-state index in [2.05, 4.69) is 27.4 Å². The maximum absolute atomic E-state index is 13.5. The number of nitrogens with one attached hydrogen (secondary N) is 1. The Morgan fingerprint density at radius 3 is 2.15 bits per heavy atom. The van der Waals surface area contributed by atoms with Crippen LogP contribution in [-0.4, -0.2) is 44.6 Å². The number of aliphatic hydroxyl groups excluding tert-OH is 1. The quantitative estimate of drug-likeness (QED) is 0.331. The Labute approximate surface area is 234 Å². The lowest BCUT2D eigenvalue weighted by Crippen LogP contribution is -2.40. The van der Waals surface area contributed by atoms with E-state index < -0.39 is 12.1 Å². The standard InChI is InChI=1S/C32H37N5O3/c1-23(24(2)38)37-32(40)36(22-34-37)29-15-13-28(14-16-29)35-19-17-27(18-20-35)30(26-11-7-4-8-12-26)31(39)33-21-25-9-5-3-6-10-25/h3-16,22-24,27,30,38H,17-21H2,1-2H3,(H,33,39). The van der Waals surface area contributed by atoms with Crippen molar-refractivity contribution in [1.82, 2.24) is 19.7 Å². The molecule has 8 nitrogen and oxygen atoms in total. The molecule has 4 aromatic rings. The van der Waals surface area contributed by atoms with Crippen molar-refractivity contribution in [2.75, 3.05) is 18.0 Å². The van der Waals surface area contributed by atoms with Gasteiger partial charge in [-0.2, -0.15) is 5.10 Å². The van der Waals surface area contributed by atoms with E-state index in [1.54, 1.807) is 13.8 Å². The molecule has 3 aromatic carbocycles. The number of aromatic nitrogens is 3. The van der Waals surface area contributed by atoms with E-state index in [-0.39, 0.29) is 23.4 Å². The molecule has 3 unspecified atom stereocenters. The first-order chi connectivity index (χ1) is 19.4. The molecular weight excluding hydrogens is 502 g/mol. The largest absolute Gasteiger partial charge is 0.391 e. The summed E-state index contributed by atoms with van der Waals surface area (Å²) in [5.74, 6) is 0.129. The molecule has 3 atom stereocenters. The first-order valence-corrected chi connectivity index (χ1v) is 14.0. The minimum atomic E-state index is -0.678. The van der Waals surface area contributed by atoms with Gasteiger partial charge in [0.05, 0.1) is 23.8 Å². The van der Waals surface area contributed by atoms with Gasteiger partial charge in [-0.3, -0.25) is 4.79 Å². The third-order valence-corrected chi connectivity index (χ3v) is 8.03. The molecule has 8 heteroatoms. The molecule has 0 saturated carbocycles. The van der Waals surface area contributed by atoms with E-state index in [1.165, 1.54) is 15.6 Å². The minimum Gasteiger partial charge on any atom is -0.391 e. The molecule has 1 fully saturated rings. The average molecular weight is 540 g/mol. The number of hydrogen-bond acceptors (Lipinski definition) is 5. The average Bonchev–Trinajstić information content (AvgIpc) is 3.38. The summed E-state index contributed by atoms with van der Waals surface area (Å²) in [5.41, 5.74) is 3.69. The van der Waals surface area contributed by atoms with Crippen molar-refractivity contribution in [3.63, 3.8) is 0 Å². The van der Waals surface area contributed by atoms with Gasteiger partial charge in [0.25, 0.3) is 0 Å². The van der Waals surface area contributed by atoms with Crippen molar-refractivity contribution in [2.45, 2.75) is 51.3 Å². The van der Waals surface area contributed by atoms with Crippen molar-refractivity contribution in [1.29, 1.82) is 0 Å². The number of rotatable bonds is 9. The number of hydrogen-bond donors (Lipinski definition) is 2. The fourth-order valence-electron chi connectivity index (χ4n) is 5.49. The maximum atomic E-state index is 13.5. The van der Waals surface area contributed by atoms with Crippen LogP contribution in [0.15, 0.2) is 96.1 Å². The summed E-state index contributed by atoms with van der Waals surface area (Å²) < 4.78 is 2.80. The smallest absolute Gasteiger partial charge is 0.350 e. The van der Waals surface area contributed by atoms with E-state index >= 15 is 0 Å². The molecule has 0 radical (unpaired) electrons.